The van der Waals surface area contributed by atoms with E-state index in [2.05, 4.69) is 127 Å². The zero-order chi connectivity index (χ0) is 23.0. The molecular weight excluding hydrogens is 393 g/mol. The fourth-order valence-corrected chi connectivity index (χ4v) is 8.20. The van der Waals surface area contributed by atoms with E-state index in [1.54, 1.807) is 0 Å². The van der Waals surface area contributed by atoms with Crippen molar-refractivity contribution >= 4 is 30.0 Å². The average molecular weight is 432 g/mol. The van der Waals surface area contributed by atoms with Crippen LogP contribution in [0.3, 0.4) is 0 Å². The molecule has 1 aromatic heterocycles. The Kier molecular flexibility index (Phi) is 6.68. The van der Waals surface area contributed by atoms with Crippen molar-refractivity contribution in [3.8, 4) is 5.69 Å². The maximum atomic E-state index is 4.29. The number of rotatable bonds is 5. The third kappa shape index (κ3) is 5.04. The van der Waals surface area contributed by atoms with Crippen LogP contribution in [0.15, 0.2) is 67.4 Å². The number of para-hydroxylation sites is 2. The van der Waals surface area contributed by atoms with Crippen LogP contribution in [-0.4, -0.2) is 21.0 Å². The van der Waals surface area contributed by atoms with E-state index < -0.39 is 0 Å². The van der Waals surface area contributed by atoms with Gasteiger partial charge >= 0.3 is 0 Å². The lowest BCUT2D eigenvalue weighted by atomic mass is 9.97. The maximum Gasteiger partial charge on any atom is 0.0605 e. The van der Waals surface area contributed by atoms with Crippen LogP contribution in [0.1, 0.15) is 66.5 Å². The zero-order valence-corrected chi connectivity index (χ0v) is 21.5. The van der Waals surface area contributed by atoms with Gasteiger partial charge in [-0.25, -0.2) is 0 Å². The van der Waals surface area contributed by atoms with E-state index in [-0.39, 0.29) is 7.92 Å². The van der Waals surface area contributed by atoms with Gasteiger partial charge in [-0.15, -0.1) is 0 Å². The van der Waals surface area contributed by atoms with Crippen molar-refractivity contribution in [1.82, 2.24) is 4.57 Å². The summed E-state index contributed by atoms with van der Waals surface area (Å²) in [5, 5.41) is 1.91. The Morgan fingerprint density at radius 3 is 2.10 bits per heavy atom. The molecule has 3 rings (SSSR count). The van der Waals surface area contributed by atoms with Gasteiger partial charge in [0.15, 0.2) is 0 Å². The lowest BCUT2D eigenvalue weighted by Gasteiger charge is -2.41. The molecule has 0 saturated carbocycles. The summed E-state index contributed by atoms with van der Waals surface area (Å²) in [6.07, 6.45) is 5.81. The van der Waals surface area contributed by atoms with Crippen molar-refractivity contribution < 1.29 is 0 Å². The van der Waals surface area contributed by atoms with Crippen LogP contribution in [-0.2, 0) is 0 Å². The molecule has 0 bridgehead atoms. The Labute approximate surface area is 190 Å². The summed E-state index contributed by atoms with van der Waals surface area (Å²) < 4.78 is 2.34. The Hall–Kier alpha value is -2.11. The third-order valence-electron chi connectivity index (χ3n) is 5.96. The number of allylic oxidation sites excluding steroid dienone is 3. The molecule has 0 saturated heterocycles. The first-order chi connectivity index (χ1) is 14.4. The van der Waals surface area contributed by atoms with Crippen LogP contribution in [0, 0.1) is 0 Å². The molecule has 0 unspecified atom stereocenters. The predicted octanol–water partition coefficient (Wildman–Crippen LogP) is 9.15. The summed E-state index contributed by atoms with van der Waals surface area (Å²) in [5.74, 6) is 0. The Morgan fingerprint density at radius 1 is 0.871 bits per heavy atom. The summed E-state index contributed by atoms with van der Waals surface area (Å²) in [5.41, 5.74) is 7.41. The lowest BCUT2D eigenvalue weighted by Crippen LogP contribution is -2.26. The van der Waals surface area contributed by atoms with Crippen LogP contribution >= 0.6 is 7.92 Å². The molecule has 0 atom stereocenters. The standard InChI is InChI=1S/C29H38NP/c1-21(2)24-14-12-15-25(22(3)18-20-31(28(4,5)6)29(7,8)9)27(24)30-19-17-23-13-10-11-16-26(23)30/h10-19H,1,20H2,2-9H3/b22-18-. The van der Waals surface area contributed by atoms with Crippen LogP contribution in [0.5, 0.6) is 0 Å². The molecule has 0 aliphatic rings. The molecular formula is C29H38NP. The van der Waals surface area contributed by atoms with Crippen molar-refractivity contribution in [3.63, 3.8) is 0 Å². The molecule has 0 spiro atoms. The molecule has 0 radical (unpaired) electrons. The molecule has 3 aromatic rings. The maximum absolute atomic E-state index is 4.29. The first-order valence-corrected chi connectivity index (χ1v) is 12.7. The van der Waals surface area contributed by atoms with Crippen molar-refractivity contribution in [2.45, 2.75) is 65.7 Å². The second-order valence-electron chi connectivity index (χ2n) is 10.6. The van der Waals surface area contributed by atoms with E-state index in [1.807, 2.05) is 0 Å². The van der Waals surface area contributed by atoms with Crippen molar-refractivity contribution in [1.29, 1.82) is 0 Å². The summed E-state index contributed by atoms with van der Waals surface area (Å²) >= 11 is 0. The highest BCUT2D eigenvalue weighted by atomic mass is 31.1. The highest BCUT2D eigenvalue weighted by Crippen LogP contribution is 2.59. The Balaban J connectivity index is 2.15. The molecule has 0 aliphatic heterocycles. The monoisotopic (exact) mass is 431 g/mol. The number of hydrogen-bond acceptors (Lipinski definition) is 0. The van der Waals surface area contributed by atoms with E-state index in [0.29, 0.717) is 10.3 Å². The van der Waals surface area contributed by atoms with Gasteiger partial charge in [-0.3, -0.25) is 0 Å². The van der Waals surface area contributed by atoms with Crippen LogP contribution in [0.2, 0.25) is 0 Å². The van der Waals surface area contributed by atoms with Crippen LogP contribution < -0.4 is 0 Å². The second kappa shape index (κ2) is 8.79. The zero-order valence-electron chi connectivity index (χ0n) is 20.6. The van der Waals surface area contributed by atoms with Crippen LogP contribution in [0.25, 0.3) is 27.7 Å². The topological polar surface area (TPSA) is 4.93 Å². The first-order valence-electron chi connectivity index (χ1n) is 11.2. The van der Waals surface area contributed by atoms with E-state index in [0.717, 1.165) is 11.7 Å². The van der Waals surface area contributed by atoms with E-state index in [4.69, 9.17) is 0 Å². The Morgan fingerprint density at radius 2 is 1.48 bits per heavy atom. The van der Waals surface area contributed by atoms with Crippen molar-refractivity contribution in [2.75, 3.05) is 6.16 Å². The smallest absolute Gasteiger partial charge is 0.0605 e. The fourth-order valence-electron chi connectivity index (χ4n) is 4.64. The second-order valence-corrected chi connectivity index (χ2v) is 14.5. The largest absolute Gasteiger partial charge is 0.315 e. The molecule has 1 heterocycles. The molecule has 0 fully saturated rings. The predicted molar refractivity (Wildman–Crippen MR) is 143 cm³/mol. The van der Waals surface area contributed by atoms with E-state index in [1.165, 1.54) is 33.3 Å². The van der Waals surface area contributed by atoms with Crippen molar-refractivity contribution in [3.05, 3.63) is 78.5 Å². The first kappa shape index (κ1) is 23.6. The summed E-state index contributed by atoms with van der Waals surface area (Å²) in [4.78, 5) is 0. The quantitative estimate of drug-likeness (QED) is 0.355. The van der Waals surface area contributed by atoms with Gasteiger partial charge in [-0.05, 0) is 59.0 Å². The summed E-state index contributed by atoms with van der Waals surface area (Å²) in [6.45, 7) is 23.0. The normalized spacial score (nSPS) is 13.3. The van der Waals surface area contributed by atoms with Gasteiger partial charge in [-0.1, -0.05) is 98.5 Å². The highest BCUT2D eigenvalue weighted by Gasteiger charge is 2.33. The van der Waals surface area contributed by atoms with Gasteiger partial charge in [-0.2, -0.15) is 0 Å². The summed E-state index contributed by atoms with van der Waals surface area (Å²) in [7, 11) is -0.169. The molecule has 0 amide bonds. The van der Waals surface area contributed by atoms with Gasteiger partial charge in [0.25, 0.3) is 0 Å². The number of hydrogen-bond donors (Lipinski definition) is 0. The van der Waals surface area contributed by atoms with Crippen LogP contribution in [0.4, 0.5) is 0 Å². The highest BCUT2D eigenvalue weighted by molar-refractivity contribution is 7.61. The van der Waals surface area contributed by atoms with E-state index in [9.17, 15) is 0 Å². The van der Waals surface area contributed by atoms with Gasteiger partial charge in [0, 0.05) is 17.3 Å². The molecule has 1 nitrogen and oxygen atoms in total. The minimum Gasteiger partial charge on any atom is -0.315 e. The number of aromatic nitrogens is 1. The molecule has 164 valence electrons. The van der Waals surface area contributed by atoms with Gasteiger partial charge < -0.3 is 4.57 Å². The third-order valence-corrected chi connectivity index (χ3v) is 9.75. The minimum atomic E-state index is -0.169. The lowest BCUT2D eigenvalue weighted by molar-refractivity contribution is 0.707. The summed E-state index contributed by atoms with van der Waals surface area (Å²) in [6, 6.07) is 17.4. The molecule has 2 aromatic carbocycles. The molecule has 2 heteroatoms. The van der Waals surface area contributed by atoms with Gasteiger partial charge in [0.1, 0.15) is 0 Å². The SMILES string of the molecule is C=C(C)c1cccc(/C(C)=C\CP(C(C)(C)C)C(C)(C)C)c1-n1ccc2ccccc21. The molecule has 0 aliphatic carbocycles. The van der Waals surface area contributed by atoms with Crippen molar-refractivity contribution in [2.24, 2.45) is 0 Å². The number of nitrogens with zero attached hydrogens (tertiary/aromatic N) is 1. The molecule has 0 N–H and O–H groups in total. The minimum absolute atomic E-state index is 0.169. The van der Waals surface area contributed by atoms with Gasteiger partial charge in [0.2, 0.25) is 0 Å². The van der Waals surface area contributed by atoms with E-state index >= 15 is 0 Å². The fraction of sp³-hybridized carbons (Fsp3) is 0.379. The average Bonchev–Trinajstić information content (AvgIpc) is 3.09. The van der Waals surface area contributed by atoms with Gasteiger partial charge in [0.05, 0.1) is 11.2 Å². The number of benzene rings is 2. The Bertz CT molecular complexity index is 1100. The number of fused-ring (bicyclic) bond motifs is 1. The molecule has 31 heavy (non-hydrogen) atoms.